The zero-order valence-electron chi connectivity index (χ0n) is 16.6. The monoisotopic (exact) mass is 472 g/mol. The molecule has 0 atom stereocenters. The lowest BCUT2D eigenvalue weighted by Crippen LogP contribution is -2.38. The summed E-state index contributed by atoms with van der Waals surface area (Å²) in [4.78, 5) is 2.48. The number of sulfonamides is 1. The lowest BCUT2D eigenvalue weighted by molar-refractivity contribution is 0.178. The second-order valence-electron chi connectivity index (χ2n) is 7.37. The molecule has 2 aromatic carbocycles. The Morgan fingerprint density at radius 3 is 2.57 bits per heavy atom. The first-order valence-corrected chi connectivity index (χ1v) is 12.1. The van der Waals surface area contributed by atoms with Crippen molar-refractivity contribution in [3.05, 3.63) is 58.1 Å². The van der Waals surface area contributed by atoms with Crippen molar-refractivity contribution in [3.8, 4) is 5.75 Å². The van der Waals surface area contributed by atoms with Gasteiger partial charge in [0, 0.05) is 13.1 Å². The van der Waals surface area contributed by atoms with Gasteiger partial charge in [0.1, 0.15) is 12.4 Å². The van der Waals surface area contributed by atoms with Gasteiger partial charge in [-0.2, -0.15) is 0 Å². The Bertz CT molecular complexity index is 948. The van der Waals surface area contributed by atoms with Gasteiger partial charge in [0.05, 0.1) is 21.5 Å². The van der Waals surface area contributed by atoms with Crippen LogP contribution >= 0.6 is 23.2 Å². The number of ether oxygens (including phenoxy) is 1. The van der Waals surface area contributed by atoms with Crippen molar-refractivity contribution in [2.75, 3.05) is 32.8 Å². The molecule has 0 radical (unpaired) electrons. The number of likely N-dealkylation sites (tertiary alicyclic amines) is 1. The van der Waals surface area contributed by atoms with Gasteiger partial charge in [-0.05, 0) is 67.7 Å². The molecule has 1 fully saturated rings. The van der Waals surface area contributed by atoms with Crippen molar-refractivity contribution in [2.45, 2.75) is 24.3 Å². The van der Waals surface area contributed by atoms with Crippen LogP contribution in [0, 0.1) is 5.92 Å². The molecule has 0 amide bonds. The molecular formula is C21H26Cl2N2O4S. The minimum absolute atomic E-state index is 0.00739. The summed E-state index contributed by atoms with van der Waals surface area (Å²) in [6.45, 7) is 3.31. The average molecular weight is 473 g/mol. The van der Waals surface area contributed by atoms with Crippen molar-refractivity contribution in [1.29, 1.82) is 0 Å². The van der Waals surface area contributed by atoms with E-state index in [-0.39, 0.29) is 29.0 Å². The van der Waals surface area contributed by atoms with E-state index in [4.69, 9.17) is 33.0 Å². The largest absolute Gasteiger partial charge is 0.491 e. The van der Waals surface area contributed by atoms with Crippen LogP contribution in [0.2, 0.25) is 10.0 Å². The van der Waals surface area contributed by atoms with E-state index in [1.165, 1.54) is 18.2 Å². The molecule has 0 saturated carbocycles. The Morgan fingerprint density at radius 2 is 1.87 bits per heavy atom. The topological polar surface area (TPSA) is 78.9 Å². The van der Waals surface area contributed by atoms with Gasteiger partial charge in [-0.15, -0.1) is 0 Å². The summed E-state index contributed by atoms with van der Waals surface area (Å²) in [5.41, 5.74) is 1.16. The Hall–Kier alpha value is -1.35. The Morgan fingerprint density at radius 1 is 1.10 bits per heavy atom. The maximum atomic E-state index is 12.5. The quantitative estimate of drug-likeness (QED) is 0.583. The first-order valence-electron chi connectivity index (χ1n) is 9.87. The van der Waals surface area contributed by atoms with Crippen molar-refractivity contribution >= 4 is 33.2 Å². The molecule has 1 heterocycles. The van der Waals surface area contributed by atoms with E-state index >= 15 is 0 Å². The van der Waals surface area contributed by atoms with Crippen LogP contribution in [0.3, 0.4) is 0 Å². The molecule has 1 saturated heterocycles. The van der Waals surface area contributed by atoms with Gasteiger partial charge in [0.25, 0.3) is 0 Å². The highest BCUT2D eigenvalue weighted by Crippen LogP contribution is 2.25. The van der Waals surface area contributed by atoms with Crippen LogP contribution < -0.4 is 9.46 Å². The molecule has 3 rings (SSSR count). The van der Waals surface area contributed by atoms with E-state index in [9.17, 15) is 8.42 Å². The molecule has 9 heteroatoms. The highest BCUT2D eigenvalue weighted by Gasteiger charge is 2.22. The summed E-state index contributed by atoms with van der Waals surface area (Å²) in [5.74, 6) is 1.05. The summed E-state index contributed by atoms with van der Waals surface area (Å²) in [6.07, 6.45) is 1.84. The molecule has 2 aromatic rings. The molecule has 0 unspecified atom stereocenters. The van der Waals surface area contributed by atoms with Gasteiger partial charge in [0.2, 0.25) is 10.0 Å². The fourth-order valence-electron chi connectivity index (χ4n) is 3.46. The van der Waals surface area contributed by atoms with Crippen molar-refractivity contribution in [3.63, 3.8) is 0 Å². The number of hydrogen-bond acceptors (Lipinski definition) is 5. The summed E-state index contributed by atoms with van der Waals surface area (Å²) < 4.78 is 33.2. The van der Waals surface area contributed by atoms with Gasteiger partial charge in [-0.1, -0.05) is 35.3 Å². The smallest absolute Gasteiger partial charge is 0.240 e. The van der Waals surface area contributed by atoms with Crippen LogP contribution in [-0.2, 0) is 16.6 Å². The molecule has 30 heavy (non-hydrogen) atoms. The van der Waals surface area contributed by atoms with E-state index in [1.807, 2.05) is 18.2 Å². The number of hydrogen-bond donors (Lipinski definition) is 2. The molecule has 1 aliphatic heterocycles. The van der Waals surface area contributed by atoms with E-state index in [1.54, 1.807) is 0 Å². The third-order valence-corrected chi connectivity index (χ3v) is 7.30. The first kappa shape index (κ1) is 23.3. The van der Waals surface area contributed by atoms with Gasteiger partial charge >= 0.3 is 0 Å². The Kier molecular flexibility index (Phi) is 8.39. The number of nitrogens with one attached hydrogen (secondary N) is 1. The molecule has 6 nitrogen and oxygen atoms in total. The molecular weight excluding hydrogens is 447 g/mol. The zero-order valence-corrected chi connectivity index (χ0v) is 18.9. The summed E-state index contributed by atoms with van der Waals surface area (Å²) in [6, 6.07) is 12.2. The second kappa shape index (κ2) is 10.8. The van der Waals surface area contributed by atoms with E-state index in [2.05, 4.69) is 15.7 Å². The number of aliphatic hydroxyl groups excluding tert-OH is 1. The third kappa shape index (κ3) is 6.57. The number of nitrogens with zero attached hydrogens (tertiary/aromatic N) is 1. The molecule has 1 aliphatic rings. The van der Waals surface area contributed by atoms with Crippen molar-refractivity contribution in [1.82, 2.24) is 9.62 Å². The fourth-order valence-corrected chi connectivity index (χ4v) is 4.96. The highest BCUT2D eigenvalue weighted by molar-refractivity contribution is 7.89. The highest BCUT2D eigenvalue weighted by atomic mass is 35.5. The first-order chi connectivity index (χ1) is 14.4. The van der Waals surface area contributed by atoms with E-state index in [0.717, 1.165) is 43.8 Å². The molecule has 2 N–H and O–H groups in total. The Balaban J connectivity index is 1.47. The molecule has 0 bridgehead atoms. The van der Waals surface area contributed by atoms with Crippen LogP contribution in [0.15, 0.2) is 47.4 Å². The summed E-state index contributed by atoms with van der Waals surface area (Å²) >= 11 is 11.8. The third-order valence-electron chi connectivity index (χ3n) is 5.14. The number of piperidine rings is 1. The van der Waals surface area contributed by atoms with E-state index in [0.29, 0.717) is 11.6 Å². The predicted molar refractivity (Wildman–Crippen MR) is 119 cm³/mol. The van der Waals surface area contributed by atoms with Crippen molar-refractivity contribution < 1.29 is 18.3 Å². The number of aliphatic hydroxyl groups is 1. The van der Waals surface area contributed by atoms with Crippen LogP contribution in [-0.4, -0.2) is 51.3 Å². The lowest BCUT2D eigenvalue weighted by Gasteiger charge is -2.32. The standard InChI is InChI=1S/C21H26Cl2N2O4S/c22-20-5-4-19(13-21(20)23)30(27,28)24-14-16-6-8-25(9-7-16)15-17-2-1-3-18(12-17)29-11-10-26/h1-5,12-13,16,24,26H,6-11,14-15H2. The minimum atomic E-state index is -3.61. The van der Waals surface area contributed by atoms with Crippen molar-refractivity contribution in [2.24, 2.45) is 5.92 Å². The molecule has 0 aromatic heterocycles. The van der Waals surface area contributed by atoms with Crippen LogP contribution in [0.1, 0.15) is 18.4 Å². The van der Waals surface area contributed by atoms with Crippen LogP contribution in [0.25, 0.3) is 0 Å². The fraction of sp³-hybridized carbons (Fsp3) is 0.429. The SMILES string of the molecule is O=S(=O)(NCC1CCN(Cc2cccc(OCCO)c2)CC1)c1ccc(Cl)c(Cl)c1. The Labute approximate surface area is 187 Å². The van der Waals surface area contributed by atoms with Crippen LogP contribution in [0.4, 0.5) is 0 Å². The number of benzene rings is 2. The number of rotatable bonds is 9. The lowest BCUT2D eigenvalue weighted by atomic mass is 9.97. The minimum Gasteiger partial charge on any atom is -0.491 e. The van der Waals surface area contributed by atoms with Gasteiger partial charge < -0.3 is 9.84 Å². The summed E-state index contributed by atoms with van der Waals surface area (Å²) in [7, 11) is -3.61. The summed E-state index contributed by atoms with van der Waals surface area (Å²) in [5, 5.41) is 9.43. The average Bonchev–Trinajstić information content (AvgIpc) is 2.74. The van der Waals surface area contributed by atoms with E-state index < -0.39 is 10.0 Å². The van der Waals surface area contributed by atoms with Gasteiger partial charge in [-0.25, -0.2) is 13.1 Å². The second-order valence-corrected chi connectivity index (χ2v) is 9.95. The van der Waals surface area contributed by atoms with Crippen LogP contribution in [0.5, 0.6) is 5.75 Å². The van der Waals surface area contributed by atoms with Gasteiger partial charge in [-0.3, -0.25) is 4.90 Å². The molecule has 0 aliphatic carbocycles. The predicted octanol–water partition coefficient (Wildman–Crippen LogP) is 3.56. The zero-order chi connectivity index (χ0) is 21.6. The molecule has 0 spiro atoms. The normalized spacial score (nSPS) is 16.0. The van der Waals surface area contributed by atoms with Gasteiger partial charge in [0.15, 0.2) is 0 Å². The number of halogens is 2. The maximum Gasteiger partial charge on any atom is 0.240 e. The molecule has 164 valence electrons. The maximum absolute atomic E-state index is 12.5.